The predicted octanol–water partition coefficient (Wildman–Crippen LogP) is 3.66. The van der Waals surface area contributed by atoms with Crippen LogP contribution in [-0.2, 0) is 4.79 Å². The first kappa shape index (κ1) is 18.5. The Bertz CT molecular complexity index is 818. The molecule has 0 N–H and O–H groups in total. The van der Waals surface area contributed by atoms with E-state index in [1.807, 2.05) is 6.26 Å². The summed E-state index contributed by atoms with van der Waals surface area (Å²) >= 11 is 7.36. The number of carbonyl (C=O) groups is 3. The topological polar surface area (TPSA) is 63.7 Å². The first-order valence-electron chi connectivity index (χ1n) is 7.96. The quantitative estimate of drug-likeness (QED) is 0.428. The molecule has 0 aromatic heterocycles. The normalized spacial score (nSPS) is 14.3. The first-order chi connectivity index (χ1) is 12.5. The summed E-state index contributed by atoms with van der Waals surface area (Å²) in [5.41, 5.74) is 0.622. The summed E-state index contributed by atoms with van der Waals surface area (Å²) in [4.78, 5) is 39.1. The van der Waals surface area contributed by atoms with Crippen LogP contribution < -0.4 is 4.74 Å². The predicted molar refractivity (Wildman–Crippen MR) is 101 cm³/mol. The number of carbonyl (C=O) groups excluding carboxylic acids is 3. The van der Waals surface area contributed by atoms with Crippen molar-refractivity contribution < 1.29 is 19.1 Å². The van der Waals surface area contributed by atoms with Gasteiger partial charge in [-0.15, -0.1) is 0 Å². The fraction of sp³-hybridized carbons (Fsp3) is 0.211. The summed E-state index contributed by atoms with van der Waals surface area (Å²) in [7, 11) is 0. The van der Waals surface area contributed by atoms with Crippen LogP contribution >= 0.6 is 23.4 Å². The molecular weight excluding hydrogens is 374 g/mol. The van der Waals surface area contributed by atoms with Crippen LogP contribution in [0.1, 0.15) is 27.1 Å². The summed E-state index contributed by atoms with van der Waals surface area (Å²) in [5, 5.41) is 0.518. The molecule has 1 unspecified atom stereocenters. The Morgan fingerprint density at radius 1 is 1.08 bits per heavy atom. The van der Waals surface area contributed by atoms with Gasteiger partial charge in [0.1, 0.15) is 11.8 Å². The number of imide groups is 1. The minimum atomic E-state index is -0.981. The zero-order valence-corrected chi connectivity index (χ0v) is 15.5. The fourth-order valence-corrected chi connectivity index (χ4v) is 3.34. The highest BCUT2D eigenvalue weighted by molar-refractivity contribution is 7.98. The number of amides is 2. The van der Waals surface area contributed by atoms with Crippen LogP contribution in [0.5, 0.6) is 5.75 Å². The Balaban J connectivity index is 1.86. The number of esters is 1. The number of rotatable bonds is 6. The molecule has 0 saturated carbocycles. The van der Waals surface area contributed by atoms with Crippen LogP contribution in [-0.4, -0.2) is 40.7 Å². The second kappa shape index (κ2) is 7.93. The molecule has 0 fully saturated rings. The monoisotopic (exact) mass is 389 g/mol. The third-order valence-corrected chi connectivity index (χ3v) is 4.93. The maximum Gasteiger partial charge on any atom is 0.334 e. The first-order valence-corrected chi connectivity index (χ1v) is 9.73. The van der Waals surface area contributed by atoms with Crippen LogP contribution in [0.25, 0.3) is 0 Å². The van der Waals surface area contributed by atoms with Crippen molar-refractivity contribution in [3.05, 3.63) is 64.7 Å². The number of fused-ring (bicyclic) bond motifs is 1. The summed E-state index contributed by atoms with van der Waals surface area (Å²) in [6.45, 7) is 0. The summed E-state index contributed by atoms with van der Waals surface area (Å²) in [5.74, 6) is -0.663. The highest BCUT2D eigenvalue weighted by atomic mass is 35.5. The van der Waals surface area contributed by atoms with E-state index < -0.39 is 23.8 Å². The molecule has 2 aromatic rings. The van der Waals surface area contributed by atoms with Crippen LogP contribution in [0.3, 0.4) is 0 Å². The van der Waals surface area contributed by atoms with E-state index in [1.165, 1.54) is 11.8 Å². The lowest BCUT2D eigenvalue weighted by Gasteiger charge is -2.24. The summed E-state index contributed by atoms with van der Waals surface area (Å²) < 4.78 is 5.38. The van der Waals surface area contributed by atoms with Crippen molar-refractivity contribution in [3.63, 3.8) is 0 Å². The highest BCUT2D eigenvalue weighted by Gasteiger charge is 2.43. The van der Waals surface area contributed by atoms with Gasteiger partial charge in [-0.3, -0.25) is 14.5 Å². The minimum absolute atomic E-state index is 0.310. The van der Waals surface area contributed by atoms with Crippen molar-refractivity contribution in [2.75, 3.05) is 12.0 Å². The molecule has 1 heterocycles. The molecule has 1 atom stereocenters. The lowest BCUT2D eigenvalue weighted by Crippen LogP contribution is -2.47. The van der Waals surface area contributed by atoms with Gasteiger partial charge in [-0.1, -0.05) is 23.7 Å². The van der Waals surface area contributed by atoms with Gasteiger partial charge in [-0.05, 0) is 54.8 Å². The summed E-state index contributed by atoms with van der Waals surface area (Å²) in [6.07, 6.45) is 2.21. The van der Waals surface area contributed by atoms with E-state index in [1.54, 1.807) is 48.5 Å². The van der Waals surface area contributed by atoms with Crippen molar-refractivity contribution in [2.24, 2.45) is 0 Å². The zero-order chi connectivity index (χ0) is 18.7. The SMILES string of the molecule is CSCCC(C(=O)Oc1ccc(Cl)cc1)N1C(=O)c2ccccc2C1=O. The highest BCUT2D eigenvalue weighted by Crippen LogP contribution is 2.27. The molecular formula is C19H16ClNO4S. The third kappa shape index (κ3) is 3.61. The molecule has 26 heavy (non-hydrogen) atoms. The zero-order valence-electron chi connectivity index (χ0n) is 14.0. The van der Waals surface area contributed by atoms with Gasteiger partial charge in [0.2, 0.25) is 0 Å². The number of nitrogens with zero attached hydrogens (tertiary/aromatic N) is 1. The van der Waals surface area contributed by atoms with Gasteiger partial charge >= 0.3 is 5.97 Å². The van der Waals surface area contributed by atoms with Crippen molar-refractivity contribution in [1.82, 2.24) is 4.90 Å². The molecule has 2 amide bonds. The molecule has 1 aliphatic rings. The fourth-order valence-electron chi connectivity index (χ4n) is 2.76. The molecule has 2 aromatic carbocycles. The number of hydrogen-bond acceptors (Lipinski definition) is 5. The summed E-state index contributed by atoms with van der Waals surface area (Å²) in [6, 6.07) is 11.9. The smallest absolute Gasteiger partial charge is 0.334 e. The van der Waals surface area contributed by atoms with E-state index >= 15 is 0 Å². The van der Waals surface area contributed by atoms with Crippen molar-refractivity contribution in [1.29, 1.82) is 0 Å². The van der Waals surface area contributed by atoms with Gasteiger partial charge in [-0.25, -0.2) is 4.79 Å². The second-order valence-corrected chi connectivity index (χ2v) is 7.12. The lowest BCUT2D eigenvalue weighted by molar-refractivity contribution is -0.138. The Hall–Kier alpha value is -2.31. The Labute approximate surface area is 160 Å². The number of hydrogen-bond donors (Lipinski definition) is 0. The van der Waals surface area contributed by atoms with Crippen LogP contribution in [0.4, 0.5) is 0 Å². The van der Waals surface area contributed by atoms with Crippen molar-refractivity contribution >= 4 is 41.1 Å². The molecule has 134 valence electrons. The van der Waals surface area contributed by atoms with Gasteiger partial charge in [0.05, 0.1) is 11.1 Å². The lowest BCUT2D eigenvalue weighted by atomic mass is 10.1. The van der Waals surface area contributed by atoms with Gasteiger partial charge in [-0.2, -0.15) is 11.8 Å². The van der Waals surface area contributed by atoms with Crippen molar-refractivity contribution in [2.45, 2.75) is 12.5 Å². The van der Waals surface area contributed by atoms with E-state index in [-0.39, 0.29) is 0 Å². The standard InChI is InChI=1S/C19H16ClNO4S/c1-26-11-10-16(19(24)25-13-8-6-12(20)7-9-13)21-17(22)14-4-2-3-5-15(14)18(21)23/h2-9,16H,10-11H2,1H3. The maximum absolute atomic E-state index is 12.7. The molecule has 0 radical (unpaired) electrons. The van der Waals surface area contributed by atoms with Gasteiger partial charge < -0.3 is 4.74 Å². The van der Waals surface area contributed by atoms with Gasteiger partial charge in [0.25, 0.3) is 11.8 Å². The van der Waals surface area contributed by atoms with E-state index in [0.717, 1.165) is 4.90 Å². The molecule has 0 bridgehead atoms. The van der Waals surface area contributed by atoms with E-state index in [9.17, 15) is 14.4 Å². The second-order valence-electron chi connectivity index (χ2n) is 5.70. The average Bonchev–Trinajstić information content (AvgIpc) is 2.89. The van der Waals surface area contributed by atoms with Crippen LogP contribution in [0, 0.1) is 0 Å². The molecule has 1 aliphatic heterocycles. The van der Waals surface area contributed by atoms with Gasteiger partial charge in [0.15, 0.2) is 0 Å². The number of benzene rings is 2. The number of ether oxygens (including phenoxy) is 1. The Kier molecular flexibility index (Phi) is 5.64. The maximum atomic E-state index is 12.7. The van der Waals surface area contributed by atoms with Crippen molar-refractivity contribution in [3.8, 4) is 5.75 Å². The molecule has 7 heteroatoms. The average molecular weight is 390 g/mol. The third-order valence-electron chi connectivity index (χ3n) is 4.04. The van der Waals surface area contributed by atoms with E-state index in [4.69, 9.17) is 16.3 Å². The molecule has 0 aliphatic carbocycles. The number of halogens is 1. The molecule has 0 spiro atoms. The number of thioether (sulfide) groups is 1. The van der Waals surface area contributed by atoms with Crippen LogP contribution in [0.2, 0.25) is 5.02 Å². The Morgan fingerprint density at radius 3 is 2.19 bits per heavy atom. The van der Waals surface area contributed by atoms with E-state index in [0.29, 0.717) is 34.1 Å². The minimum Gasteiger partial charge on any atom is -0.425 e. The van der Waals surface area contributed by atoms with E-state index in [2.05, 4.69) is 0 Å². The van der Waals surface area contributed by atoms with Gasteiger partial charge in [0, 0.05) is 5.02 Å². The molecule has 3 rings (SSSR count). The van der Waals surface area contributed by atoms with Crippen LogP contribution in [0.15, 0.2) is 48.5 Å². The Morgan fingerprint density at radius 2 is 1.65 bits per heavy atom. The molecule has 0 saturated heterocycles. The molecule has 5 nitrogen and oxygen atoms in total. The largest absolute Gasteiger partial charge is 0.425 e.